The first-order valence-corrected chi connectivity index (χ1v) is 5.12. The molecule has 0 spiro atoms. The highest BCUT2D eigenvalue weighted by Crippen LogP contribution is 2.34. The monoisotopic (exact) mass is 192 g/mol. The molecule has 0 aliphatic carbocycles. The van der Waals surface area contributed by atoms with Crippen LogP contribution in [0.15, 0.2) is 30.3 Å². The number of hydrogen-bond acceptors (Lipinski definition) is 2. The molecule has 1 aromatic carbocycles. The maximum atomic E-state index is 5.86. The molecule has 76 valence electrons. The Morgan fingerprint density at radius 1 is 1.36 bits per heavy atom. The summed E-state index contributed by atoms with van der Waals surface area (Å²) < 4.78 is 11.6. The Kier molecular flexibility index (Phi) is 2.57. The van der Waals surface area contributed by atoms with Crippen LogP contribution in [0.1, 0.15) is 25.8 Å². The number of rotatable bonds is 2. The molecule has 1 aliphatic heterocycles. The van der Waals surface area contributed by atoms with E-state index in [9.17, 15) is 0 Å². The molecule has 2 rings (SSSR count). The van der Waals surface area contributed by atoms with Gasteiger partial charge in [-0.2, -0.15) is 0 Å². The van der Waals surface area contributed by atoms with Gasteiger partial charge in [0.1, 0.15) is 0 Å². The molecule has 0 bridgehead atoms. The Balaban J connectivity index is 2.19. The standard InChI is InChI=1S/C12H16O2/c1-3-11-9-13-12(2,14-11)10-7-5-4-6-8-10/h4-8,11H,3,9H2,1-2H3. The predicted octanol–water partition coefficient (Wildman–Crippen LogP) is 2.68. The first kappa shape index (κ1) is 9.69. The normalized spacial score (nSPS) is 32.0. The highest BCUT2D eigenvalue weighted by atomic mass is 16.7. The van der Waals surface area contributed by atoms with E-state index in [-0.39, 0.29) is 6.10 Å². The lowest BCUT2D eigenvalue weighted by molar-refractivity contribution is -0.161. The third-order valence-corrected chi connectivity index (χ3v) is 2.69. The molecule has 1 fully saturated rings. The summed E-state index contributed by atoms with van der Waals surface area (Å²) in [5.41, 5.74) is 1.09. The van der Waals surface area contributed by atoms with Gasteiger partial charge in [0.15, 0.2) is 5.79 Å². The fourth-order valence-electron chi connectivity index (χ4n) is 1.73. The van der Waals surface area contributed by atoms with Crippen molar-refractivity contribution in [2.45, 2.75) is 32.2 Å². The molecule has 0 aromatic heterocycles. The number of ether oxygens (including phenoxy) is 2. The molecule has 2 atom stereocenters. The van der Waals surface area contributed by atoms with Crippen molar-refractivity contribution in [1.82, 2.24) is 0 Å². The average Bonchev–Trinajstić information content (AvgIpc) is 2.63. The third kappa shape index (κ3) is 1.68. The van der Waals surface area contributed by atoms with Crippen LogP contribution < -0.4 is 0 Å². The Morgan fingerprint density at radius 2 is 2.07 bits per heavy atom. The minimum absolute atomic E-state index is 0.236. The van der Waals surface area contributed by atoms with Crippen molar-refractivity contribution < 1.29 is 9.47 Å². The second kappa shape index (κ2) is 3.71. The van der Waals surface area contributed by atoms with E-state index in [0.717, 1.165) is 12.0 Å². The molecule has 0 N–H and O–H groups in total. The van der Waals surface area contributed by atoms with Crippen LogP contribution in [-0.4, -0.2) is 12.7 Å². The van der Waals surface area contributed by atoms with Crippen LogP contribution in [0.5, 0.6) is 0 Å². The second-order valence-electron chi connectivity index (χ2n) is 3.77. The summed E-state index contributed by atoms with van der Waals surface area (Å²) in [6.45, 7) is 4.80. The molecule has 0 amide bonds. The van der Waals surface area contributed by atoms with E-state index in [4.69, 9.17) is 9.47 Å². The van der Waals surface area contributed by atoms with Crippen LogP contribution in [-0.2, 0) is 15.3 Å². The van der Waals surface area contributed by atoms with Crippen LogP contribution in [0.25, 0.3) is 0 Å². The summed E-state index contributed by atoms with van der Waals surface area (Å²) in [6, 6.07) is 10.1. The lowest BCUT2D eigenvalue weighted by Gasteiger charge is -2.23. The molecule has 2 nitrogen and oxygen atoms in total. The summed E-state index contributed by atoms with van der Waals surface area (Å²) in [4.78, 5) is 0. The molecule has 0 saturated carbocycles. The first-order valence-electron chi connectivity index (χ1n) is 5.12. The van der Waals surface area contributed by atoms with Gasteiger partial charge in [0.2, 0.25) is 0 Å². The van der Waals surface area contributed by atoms with Crippen molar-refractivity contribution in [3.05, 3.63) is 35.9 Å². The summed E-state index contributed by atoms with van der Waals surface area (Å²) in [6.07, 6.45) is 1.24. The lowest BCUT2D eigenvalue weighted by Crippen LogP contribution is -2.23. The maximum Gasteiger partial charge on any atom is 0.192 e. The largest absolute Gasteiger partial charge is 0.343 e. The quantitative estimate of drug-likeness (QED) is 0.717. The number of hydrogen-bond donors (Lipinski definition) is 0. The number of benzene rings is 1. The van der Waals surface area contributed by atoms with Crippen LogP contribution >= 0.6 is 0 Å². The Labute approximate surface area is 84.8 Å². The highest BCUT2D eigenvalue weighted by molar-refractivity contribution is 5.20. The van der Waals surface area contributed by atoms with E-state index in [1.807, 2.05) is 37.3 Å². The Hall–Kier alpha value is -0.860. The van der Waals surface area contributed by atoms with E-state index >= 15 is 0 Å². The molecule has 14 heavy (non-hydrogen) atoms. The Morgan fingerprint density at radius 3 is 2.64 bits per heavy atom. The minimum Gasteiger partial charge on any atom is -0.343 e. The van der Waals surface area contributed by atoms with Crippen molar-refractivity contribution in [2.75, 3.05) is 6.61 Å². The average molecular weight is 192 g/mol. The van der Waals surface area contributed by atoms with E-state index in [0.29, 0.717) is 6.61 Å². The molecule has 0 radical (unpaired) electrons. The fraction of sp³-hybridized carbons (Fsp3) is 0.500. The van der Waals surface area contributed by atoms with Gasteiger partial charge in [0.25, 0.3) is 0 Å². The summed E-state index contributed by atoms with van der Waals surface area (Å²) >= 11 is 0. The van der Waals surface area contributed by atoms with Gasteiger partial charge in [-0.1, -0.05) is 37.3 Å². The van der Waals surface area contributed by atoms with Gasteiger partial charge in [-0.15, -0.1) is 0 Å². The predicted molar refractivity (Wildman–Crippen MR) is 54.9 cm³/mol. The zero-order valence-electron chi connectivity index (χ0n) is 8.69. The van der Waals surface area contributed by atoms with Gasteiger partial charge in [-0.05, 0) is 13.3 Å². The van der Waals surface area contributed by atoms with E-state index in [1.54, 1.807) is 0 Å². The highest BCUT2D eigenvalue weighted by Gasteiger charge is 2.37. The zero-order valence-corrected chi connectivity index (χ0v) is 8.69. The van der Waals surface area contributed by atoms with Gasteiger partial charge in [-0.25, -0.2) is 0 Å². The van der Waals surface area contributed by atoms with Crippen LogP contribution in [0.3, 0.4) is 0 Å². The van der Waals surface area contributed by atoms with Gasteiger partial charge < -0.3 is 9.47 Å². The molecule has 1 heterocycles. The third-order valence-electron chi connectivity index (χ3n) is 2.69. The van der Waals surface area contributed by atoms with E-state index in [2.05, 4.69) is 6.92 Å². The maximum absolute atomic E-state index is 5.86. The van der Waals surface area contributed by atoms with Crippen molar-refractivity contribution in [3.8, 4) is 0 Å². The summed E-state index contributed by atoms with van der Waals surface area (Å²) in [5.74, 6) is -0.540. The SMILES string of the molecule is CCC1COC(C)(c2ccccc2)O1. The smallest absolute Gasteiger partial charge is 0.192 e. The van der Waals surface area contributed by atoms with Gasteiger partial charge in [0.05, 0.1) is 12.7 Å². The topological polar surface area (TPSA) is 18.5 Å². The van der Waals surface area contributed by atoms with Crippen molar-refractivity contribution in [2.24, 2.45) is 0 Å². The Bertz CT molecular complexity index is 296. The lowest BCUT2D eigenvalue weighted by atomic mass is 10.1. The van der Waals surface area contributed by atoms with Gasteiger partial charge in [0, 0.05) is 5.56 Å². The minimum atomic E-state index is -0.540. The van der Waals surface area contributed by atoms with E-state index < -0.39 is 5.79 Å². The molecule has 2 unspecified atom stereocenters. The zero-order chi connectivity index (χ0) is 10.0. The van der Waals surface area contributed by atoms with Crippen LogP contribution in [0.2, 0.25) is 0 Å². The van der Waals surface area contributed by atoms with Crippen molar-refractivity contribution in [1.29, 1.82) is 0 Å². The summed E-state index contributed by atoms with van der Waals surface area (Å²) in [7, 11) is 0. The summed E-state index contributed by atoms with van der Waals surface area (Å²) in [5, 5.41) is 0. The van der Waals surface area contributed by atoms with Crippen LogP contribution in [0, 0.1) is 0 Å². The van der Waals surface area contributed by atoms with Crippen molar-refractivity contribution in [3.63, 3.8) is 0 Å². The molecule has 1 aromatic rings. The first-order chi connectivity index (χ1) is 6.74. The fourth-order valence-corrected chi connectivity index (χ4v) is 1.73. The van der Waals surface area contributed by atoms with Crippen LogP contribution in [0.4, 0.5) is 0 Å². The molecular formula is C12H16O2. The molecular weight excluding hydrogens is 176 g/mol. The molecule has 1 saturated heterocycles. The molecule has 1 aliphatic rings. The van der Waals surface area contributed by atoms with Crippen molar-refractivity contribution >= 4 is 0 Å². The van der Waals surface area contributed by atoms with E-state index in [1.165, 1.54) is 0 Å². The second-order valence-corrected chi connectivity index (χ2v) is 3.77. The van der Waals surface area contributed by atoms with Gasteiger partial charge in [-0.3, -0.25) is 0 Å². The van der Waals surface area contributed by atoms with Gasteiger partial charge >= 0.3 is 0 Å². The molecule has 2 heteroatoms.